The van der Waals surface area contributed by atoms with E-state index in [2.05, 4.69) is 4.98 Å². The SMILES string of the molecule is CCOc1cccc(C(=O)N2CCN(C(=O)c3nc4c(s3)C(=O)C=C(N(CCN(C)C)c3ccccc3)C4=O)CC2)c1OCC. The number of fused-ring (bicyclic) bond motifs is 1. The Morgan fingerprint density at radius 1 is 0.867 bits per heavy atom. The number of ether oxygens (including phenoxy) is 2. The molecule has 0 bridgehead atoms. The van der Waals surface area contributed by atoms with Crippen molar-refractivity contribution < 1.29 is 28.7 Å². The van der Waals surface area contributed by atoms with Crippen LogP contribution in [0, 0.1) is 0 Å². The number of Topliss-reactive ketones (excluding diaryl/α,β-unsaturated/α-hetero) is 1. The lowest BCUT2D eigenvalue weighted by molar-refractivity contribution is 0.0532. The highest BCUT2D eigenvalue weighted by Gasteiger charge is 2.36. The van der Waals surface area contributed by atoms with Crippen LogP contribution in [0.2, 0.25) is 0 Å². The zero-order valence-electron chi connectivity index (χ0n) is 25.9. The summed E-state index contributed by atoms with van der Waals surface area (Å²) in [5.74, 6) is -0.394. The van der Waals surface area contributed by atoms with Crippen LogP contribution >= 0.6 is 11.3 Å². The van der Waals surface area contributed by atoms with E-state index >= 15 is 0 Å². The van der Waals surface area contributed by atoms with E-state index in [1.165, 1.54) is 6.08 Å². The van der Waals surface area contributed by atoms with Crippen molar-refractivity contribution in [3.63, 3.8) is 0 Å². The minimum Gasteiger partial charge on any atom is -0.490 e. The van der Waals surface area contributed by atoms with Crippen LogP contribution in [-0.4, -0.2) is 110 Å². The Bertz CT molecular complexity index is 1610. The number of nitrogens with zero attached hydrogens (tertiary/aromatic N) is 5. The molecule has 0 saturated carbocycles. The number of thiazole rings is 1. The summed E-state index contributed by atoms with van der Waals surface area (Å²) in [6.07, 6.45) is 1.35. The second-order valence-electron chi connectivity index (χ2n) is 10.8. The van der Waals surface area contributed by atoms with Crippen molar-refractivity contribution in [2.24, 2.45) is 0 Å². The Labute approximate surface area is 266 Å². The zero-order valence-corrected chi connectivity index (χ0v) is 26.8. The topological polar surface area (TPSA) is 113 Å². The number of carbonyl (C=O) groups excluding carboxylic acids is 4. The molecular formula is C33H37N5O6S. The highest BCUT2D eigenvalue weighted by molar-refractivity contribution is 7.16. The third-order valence-electron chi connectivity index (χ3n) is 7.53. The number of anilines is 1. The van der Waals surface area contributed by atoms with Gasteiger partial charge in [-0.05, 0) is 52.2 Å². The number of piperazine rings is 1. The van der Waals surface area contributed by atoms with Gasteiger partial charge in [-0.25, -0.2) is 4.98 Å². The highest BCUT2D eigenvalue weighted by Crippen LogP contribution is 2.33. The Morgan fingerprint density at radius 2 is 1.53 bits per heavy atom. The minimum absolute atomic E-state index is 0.00285. The minimum atomic E-state index is -0.391. The molecular weight excluding hydrogens is 594 g/mol. The number of aromatic nitrogens is 1. The van der Waals surface area contributed by atoms with Gasteiger partial charge in [-0.1, -0.05) is 24.3 Å². The van der Waals surface area contributed by atoms with Crippen LogP contribution in [0.3, 0.4) is 0 Å². The molecule has 2 aromatic carbocycles. The summed E-state index contributed by atoms with van der Waals surface area (Å²) in [5.41, 5.74) is 1.43. The van der Waals surface area contributed by atoms with Crippen LogP contribution in [0.25, 0.3) is 0 Å². The van der Waals surface area contributed by atoms with Crippen molar-refractivity contribution in [2.75, 3.05) is 71.5 Å². The molecule has 0 unspecified atom stereocenters. The number of likely N-dealkylation sites (N-methyl/N-ethyl adjacent to an activating group) is 1. The fourth-order valence-corrected chi connectivity index (χ4v) is 6.21. The first-order valence-corrected chi connectivity index (χ1v) is 15.8. The molecule has 1 aliphatic carbocycles. The Morgan fingerprint density at radius 3 is 2.18 bits per heavy atom. The Kier molecular flexibility index (Phi) is 9.94. The summed E-state index contributed by atoms with van der Waals surface area (Å²) < 4.78 is 11.4. The van der Waals surface area contributed by atoms with Gasteiger partial charge in [0.25, 0.3) is 11.8 Å². The maximum Gasteiger partial charge on any atom is 0.282 e. The normalized spacial score (nSPS) is 14.7. The van der Waals surface area contributed by atoms with E-state index in [9.17, 15) is 19.2 Å². The summed E-state index contributed by atoms with van der Waals surface area (Å²) in [6.45, 7) is 6.85. The van der Waals surface area contributed by atoms with Crippen molar-refractivity contribution in [1.29, 1.82) is 0 Å². The molecule has 2 heterocycles. The maximum atomic E-state index is 13.7. The van der Waals surface area contributed by atoms with E-state index in [1.54, 1.807) is 28.0 Å². The molecule has 2 aliphatic rings. The number of para-hydroxylation sites is 2. The molecule has 1 fully saturated rings. The maximum absolute atomic E-state index is 13.7. The first-order chi connectivity index (χ1) is 21.7. The van der Waals surface area contributed by atoms with Crippen LogP contribution in [0.1, 0.15) is 54.2 Å². The van der Waals surface area contributed by atoms with Crippen molar-refractivity contribution in [3.8, 4) is 11.5 Å². The van der Waals surface area contributed by atoms with Crippen LogP contribution in [0.5, 0.6) is 11.5 Å². The average molecular weight is 632 g/mol. The number of amides is 2. The molecule has 11 nitrogen and oxygen atoms in total. The molecule has 5 rings (SSSR count). The third kappa shape index (κ3) is 6.76. The first-order valence-electron chi connectivity index (χ1n) is 15.0. The first kappa shape index (κ1) is 31.9. The average Bonchev–Trinajstić information content (AvgIpc) is 3.51. The van der Waals surface area contributed by atoms with Crippen molar-refractivity contribution in [3.05, 3.63) is 81.4 Å². The Balaban J connectivity index is 1.30. The summed E-state index contributed by atoms with van der Waals surface area (Å²) in [5, 5.41) is 0.0822. The number of benzene rings is 2. The molecule has 1 aromatic heterocycles. The van der Waals surface area contributed by atoms with Gasteiger partial charge in [0.2, 0.25) is 5.78 Å². The van der Waals surface area contributed by atoms with Gasteiger partial charge in [0.1, 0.15) is 10.6 Å². The number of ketones is 2. The fourth-order valence-electron chi connectivity index (χ4n) is 5.27. The van der Waals surface area contributed by atoms with Gasteiger partial charge < -0.3 is 29.1 Å². The molecule has 45 heavy (non-hydrogen) atoms. The largest absolute Gasteiger partial charge is 0.490 e. The Hall–Kier alpha value is -4.55. The molecule has 236 valence electrons. The predicted molar refractivity (Wildman–Crippen MR) is 172 cm³/mol. The van der Waals surface area contributed by atoms with Gasteiger partial charge in [-0.15, -0.1) is 11.3 Å². The van der Waals surface area contributed by atoms with E-state index in [0.717, 1.165) is 17.0 Å². The molecule has 0 N–H and O–H groups in total. The highest BCUT2D eigenvalue weighted by atomic mass is 32.1. The number of rotatable bonds is 11. The molecule has 2 amide bonds. The lowest BCUT2D eigenvalue weighted by Crippen LogP contribution is -2.50. The van der Waals surface area contributed by atoms with Crippen molar-refractivity contribution >= 4 is 40.4 Å². The summed E-state index contributed by atoms with van der Waals surface area (Å²) in [4.78, 5) is 65.6. The zero-order chi connectivity index (χ0) is 32.1. The number of allylic oxidation sites excluding steroid dienone is 2. The van der Waals surface area contributed by atoms with Crippen molar-refractivity contribution in [2.45, 2.75) is 13.8 Å². The fraction of sp³-hybridized carbons (Fsp3) is 0.364. The third-order valence-corrected chi connectivity index (χ3v) is 8.59. The van der Waals surface area contributed by atoms with Crippen molar-refractivity contribution in [1.82, 2.24) is 19.7 Å². The summed E-state index contributed by atoms with van der Waals surface area (Å²) >= 11 is 0.939. The van der Waals surface area contributed by atoms with Crippen LogP contribution < -0.4 is 14.4 Å². The summed E-state index contributed by atoms with van der Waals surface area (Å²) in [6, 6.07) is 14.7. The lowest BCUT2D eigenvalue weighted by atomic mass is 10.0. The van der Waals surface area contributed by atoms with Crippen LogP contribution in [0.15, 0.2) is 60.3 Å². The van der Waals surface area contributed by atoms with Gasteiger partial charge >= 0.3 is 0 Å². The molecule has 0 spiro atoms. The second kappa shape index (κ2) is 14.0. The van der Waals surface area contributed by atoms with Crippen LogP contribution in [0.4, 0.5) is 5.69 Å². The molecule has 0 atom stereocenters. The molecule has 1 saturated heterocycles. The van der Waals surface area contributed by atoms with Crippen LogP contribution in [-0.2, 0) is 0 Å². The molecule has 1 aliphatic heterocycles. The number of hydrogen-bond donors (Lipinski definition) is 0. The van der Waals surface area contributed by atoms with Gasteiger partial charge in [0.15, 0.2) is 22.3 Å². The molecule has 12 heteroatoms. The van der Waals surface area contributed by atoms with E-state index in [-0.39, 0.29) is 52.0 Å². The van der Waals surface area contributed by atoms with E-state index < -0.39 is 5.78 Å². The smallest absolute Gasteiger partial charge is 0.282 e. The quantitative estimate of drug-likeness (QED) is 0.311. The number of carbonyl (C=O) groups is 4. The van der Waals surface area contributed by atoms with E-state index in [4.69, 9.17) is 9.47 Å². The van der Waals surface area contributed by atoms with E-state index in [0.29, 0.717) is 56.5 Å². The molecule has 3 aromatic rings. The predicted octanol–water partition coefficient (Wildman–Crippen LogP) is 3.87. The second-order valence-corrected chi connectivity index (χ2v) is 11.8. The van der Waals surface area contributed by atoms with E-state index in [1.807, 2.05) is 68.1 Å². The van der Waals surface area contributed by atoms with Gasteiger partial charge in [0.05, 0.1) is 24.5 Å². The monoisotopic (exact) mass is 631 g/mol. The van der Waals surface area contributed by atoms with Gasteiger partial charge in [0, 0.05) is 51.0 Å². The summed E-state index contributed by atoms with van der Waals surface area (Å²) in [7, 11) is 3.88. The lowest BCUT2D eigenvalue weighted by Gasteiger charge is -2.34. The standard InChI is InChI=1S/C33H37N5O6S/c1-5-43-26-14-10-13-23(29(26)44-6-2)32(41)36-16-18-37(19-17-36)33(42)31-34-27-28(40)24(21-25(39)30(27)45-31)38(20-15-35(3)4)22-11-8-7-9-12-22/h7-14,21H,5-6,15-20H2,1-4H3. The van der Waals surface area contributed by atoms with Gasteiger partial charge in [-0.2, -0.15) is 0 Å². The van der Waals surface area contributed by atoms with Gasteiger partial charge in [-0.3, -0.25) is 19.2 Å². The molecule has 0 radical (unpaired) electrons. The number of hydrogen-bond acceptors (Lipinski definition) is 10.